The molecule has 0 aromatic heterocycles. The van der Waals surface area contributed by atoms with Crippen LogP contribution in [0.4, 0.5) is 0 Å². The Balaban J connectivity index is 0.000000213. The van der Waals surface area contributed by atoms with Gasteiger partial charge in [0.05, 0.1) is 57.7 Å². The number of aliphatic hydroxyl groups excluding tert-OH is 3. The number of benzene rings is 5. The summed E-state index contributed by atoms with van der Waals surface area (Å²) < 4.78 is 31.6. The standard InChI is InChI=1S/C65H90O7.C45H64O6/c1-41(2)44-16-22-51-47(33-44)15-21-50-36-59(7,31-32-60(50,51)8)56(67)70-38-65(37-66,39-71-57(68)63(11)29-13-27-61(9)52-23-17-45(42(3)4)34-48(52)19-25-54(61)63)40-72-58(69)64(12)30-14-28-62(10)53-24-18-46(43(5)6)35-49(53)20-26-55(62)64;1-29(2)31-11-15-35-33(23-31)13-17-37-41(35,5)19-9-21-43(37,7)39(48)50-27-45(25-46,26-47)28-51-40(49)44(8)22-10-20-42(6)36-16-12-32(30(3)4)24-34(36)14-18-38(42)44/h16-18,22-24,33-35,41-43,50,54-55,66H,13-15,19-21,25-32,36-40H2,1-12H3;11-12,15-16,23-24,29-30,37-38,46-47H,9-10,13-14,17-22,25-28H2,1-8H3. The molecule has 5 saturated carbocycles. The van der Waals surface area contributed by atoms with Crippen LogP contribution in [-0.4, -0.2) is 98.0 Å². The first-order valence-corrected chi connectivity index (χ1v) is 48.4. The number of aryl methyl sites for hydroxylation is 5. The first-order chi connectivity index (χ1) is 58.0. The van der Waals surface area contributed by atoms with Crippen molar-refractivity contribution in [3.63, 3.8) is 0 Å². The fourth-order valence-corrected chi connectivity index (χ4v) is 27.6. The fourth-order valence-electron chi connectivity index (χ4n) is 27.6. The summed E-state index contributed by atoms with van der Waals surface area (Å²) >= 11 is 0. The summed E-state index contributed by atoms with van der Waals surface area (Å²) in [4.78, 5) is 72.9. The van der Waals surface area contributed by atoms with Crippen molar-refractivity contribution in [2.24, 2.45) is 67.5 Å². The SMILES string of the molecule is CC(C)c1ccc2c(c1)CCC1C(C)(C(=O)OCC(CO)(CO)COC(=O)C3(C)CCCC4(C)c5ccc(C(C)C)cc5CCC34)CCCC21C.CC(C)c1ccc2c(c1)CCC1CC(C)(C(=O)OCC(CO)(COC(=O)C3(C)CCCC4(C)c5ccc(C(C)C)cc5CCC34)COC(=O)C3(C)CCCC4(C)c5ccc(C(C)C)cc5CCC34)CCC21C. The number of carbonyl (C=O) groups excluding carboxylic acids is 5. The Morgan fingerprint density at radius 2 is 0.545 bits per heavy atom. The highest BCUT2D eigenvalue weighted by atomic mass is 16.6. The Labute approximate surface area is 739 Å². The molecule has 10 aliphatic carbocycles. The van der Waals surface area contributed by atoms with Gasteiger partial charge in [-0.25, -0.2) is 0 Å². The van der Waals surface area contributed by atoms with E-state index in [0.717, 1.165) is 135 Å². The minimum Gasteiger partial charge on any atom is -0.464 e. The summed E-state index contributed by atoms with van der Waals surface area (Å²) in [5.41, 5.74) is 13.8. The maximum atomic E-state index is 14.9. The Hall–Kier alpha value is -6.67. The molecule has 5 fully saturated rings. The van der Waals surface area contributed by atoms with Crippen molar-refractivity contribution in [1.29, 1.82) is 0 Å². The number of fused-ring (bicyclic) bond motifs is 15. The van der Waals surface area contributed by atoms with Gasteiger partial charge in [0.25, 0.3) is 0 Å². The van der Waals surface area contributed by atoms with Crippen LogP contribution in [0, 0.1) is 67.5 Å². The van der Waals surface area contributed by atoms with E-state index in [4.69, 9.17) is 23.7 Å². The lowest BCUT2D eigenvalue weighted by Gasteiger charge is -2.54. The van der Waals surface area contributed by atoms with Crippen molar-refractivity contribution in [1.82, 2.24) is 0 Å². The molecule has 0 heterocycles. The van der Waals surface area contributed by atoms with Crippen LogP contribution in [0.3, 0.4) is 0 Å². The Bertz CT molecular complexity index is 4520. The maximum Gasteiger partial charge on any atom is 0.312 e. The second-order valence-electron chi connectivity index (χ2n) is 45.7. The minimum atomic E-state index is -1.36. The Morgan fingerprint density at radius 3 is 0.797 bits per heavy atom. The van der Waals surface area contributed by atoms with Gasteiger partial charge in [-0.1, -0.05) is 221 Å². The summed E-state index contributed by atoms with van der Waals surface area (Å²) in [7, 11) is 0. The van der Waals surface area contributed by atoms with Crippen LogP contribution >= 0.6 is 0 Å². The summed E-state index contributed by atoms with van der Waals surface area (Å²) in [5, 5.41) is 32.8. The lowest BCUT2D eigenvalue weighted by atomic mass is 9.49. The number of esters is 5. The predicted molar refractivity (Wildman–Crippen MR) is 489 cm³/mol. The topological polar surface area (TPSA) is 192 Å². The van der Waals surface area contributed by atoms with Crippen LogP contribution < -0.4 is 0 Å². The van der Waals surface area contributed by atoms with Gasteiger partial charge in [-0.2, -0.15) is 0 Å². The van der Waals surface area contributed by atoms with Crippen molar-refractivity contribution in [2.75, 3.05) is 52.9 Å². The number of ether oxygens (including phenoxy) is 5. The number of hydrogen-bond donors (Lipinski definition) is 3. The van der Waals surface area contributed by atoms with Crippen LogP contribution in [0.2, 0.25) is 0 Å². The third-order valence-corrected chi connectivity index (χ3v) is 36.1. The van der Waals surface area contributed by atoms with E-state index in [1.54, 1.807) is 0 Å². The Kier molecular flexibility index (Phi) is 26.1. The number of carbonyl (C=O) groups is 5. The molecule has 0 spiro atoms. The highest BCUT2D eigenvalue weighted by Crippen LogP contribution is 2.64. The maximum absolute atomic E-state index is 14.9. The van der Waals surface area contributed by atoms with Crippen molar-refractivity contribution in [3.8, 4) is 0 Å². The first-order valence-electron chi connectivity index (χ1n) is 48.4. The van der Waals surface area contributed by atoms with E-state index in [0.29, 0.717) is 61.2 Å². The Morgan fingerprint density at radius 1 is 0.309 bits per heavy atom. The molecule has 3 N–H and O–H groups in total. The third kappa shape index (κ3) is 16.4. The van der Waals surface area contributed by atoms with Gasteiger partial charge in [-0.05, 0) is 339 Å². The van der Waals surface area contributed by atoms with Crippen LogP contribution in [0.15, 0.2) is 91.0 Å². The van der Waals surface area contributed by atoms with Crippen LogP contribution in [0.25, 0.3) is 0 Å². The second kappa shape index (κ2) is 34.7. The summed E-state index contributed by atoms with van der Waals surface area (Å²) in [6, 6.07) is 34.8. The molecule has 672 valence electrons. The predicted octanol–water partition coefficient (Wildman–Crippen LogP) is 22.8. The van der Waals surface area contributed by atoms with Crippen molar-refractivity contribution >= 4 is 29.8 Å². The third-order valence-electron chi connectivity index (χ3n) is 36.1. The molecule has 0 amide bonds. The monoisotopic (exact) mass is 1680 g/mol. The van der Waals surface area contributed by atoms with Crippen LogP contribution in [0.5, 0.6) is 0 Å². The highest BCUT2D eigenvalue weighted by Gasteiger charge is 2.62. The van der Waals surface area contributed by atoms with E-state index < -0.39 is 57.7 Å². The zero-order valence-electron chi connectivity index (χ0n) is 79.2. The average molecular weight is 1680 g/mol. The molecule has 15 atom stereocenters. The van der Waals surface area contributed by atoms with Crippen molar-refractivity contribution in [2.45, 2.75) is 356 Å². The van der Waals surface area contributed by atoms with E-state index in [1.807, 2.05) is 6.92 Å². The van der Waals surface area contributed by atoms with Crippen LogP contribution in [-0.2, 0) is 107 Å². The molecule has 5 aromatic rings. The summed E-state index contributed by atoms with van der Waals surface area (Å²) in [6.45, 7) is 41.9. The summed E-state index contributed by atoms with van der Waals surface area (Å²) in [6.07, 6.45) is 22.3. The molecule has 5 aromatic carbocycles. The molecule has 0 saturated heterocycles. The van der Waals surface area contributed by atoms with Gasteiger partial charge < -0.3 is 39.0 Å². The lowest BCUT2D eigenvalue weighted by molar-refractivity contribution is -0.185. The van der Waals surface area contributed by atoms with Gasteiger partial charge >= 0.3 is 29.8 Å². The zero-order valence-corrected chi connectivity index (χ0v) is 79.2. The highest BCUT2D eigenvalue weighted by molar-refractivity contribution is 5.81. The normalized spacial score (nSPS) is 32.8. The van der Waals surface area contributed by atoms with Crippen molar-refractivity contribution in [3.05, 3.63) is 174 Å². The number of rotatable bonds is 23. The zero-order chi connectivity index (χ0) is 88.8. The number of aliphatic hydroxyl groups is 3. The van der Waals surface area contributed by atoms with Gasteiger partial charge in [-0.3, -0.25) is 24.0 Å². The quantitative estimate of drug-likeness (QED) is 0.0414. The van der Waals surface area contributed by atoms with Gasteiger partial charge in [0.1, 0.15) is 33.0 Å². The molecule has 15 rings (SSSR count). The van der Waals surface area contributed by atoms with E-state index in [2.05, 4.69) is 223 Å². The molecule has 13 nitrogen and oxygen atoms in total. The van der Waals surface area contributed by atoms with E-state index in [-0.39, 0.29) is 114 Å². The molecule has 0 aliphatic heterocycles. The molecule has 10 aliphatic rings. The van der Waals surface area contributed by atoms with E-state index in [1.165, 1.54) is 83.5 Å². The molecule has 0 bridgehead atoms. The molecule has 123 heavy (non-hydrogen) atoms. The smallest absolute Gasteiger partial charge is 0.312 e. The van der Waals surface area contributed by atoms with Crippen LogP contribution in [0.1, 0.15) is 380 Å². The number of hydrogen-bond acceptors (Lipinski definition) is 13. The largest absolute Gasteiger partial charge is 0.464 e. The molecular formula is C110H154O13. The first kappa shape index (κ1) is 92.5. The fraction of sp³-hybridized carbons (Fsp3) is 0.682. The molecule has 15 unspecified atom stereocenters. The van der Waals surface area contributed by atoms with E-state index in [9.17, 15) is 39.3 Å². The van der Waals surface area contributed by atoms with Crippen molar-refractivity contribution < 1.29 is 63.0 Å². The summed E-state index contributed by atoms with van der Waals surface area (Å²) in [5.74, 6) is 1.58. The molecular weight excluding hydrogens is 1530 g/mol. The van der Waals surface area contributed by atoms with E-state index >= 15 is 0 Å². The van der Waals surface area contributed by atoms with Gasteiger partial charge in [0.15, 0.2) is 0 Å². The lowest BCUT2D eigenvalue weighted by Crippen LogP contribution is -2.54. The second-order valence-corrected chi connectivity index (χ2v) is 45.7. The van der Waals surface area contributed by atoms with Gasteiger partial charge in [0.2, 0.25) is 0 Å². The molecule has 13 heteroatoms. The van der Waals surface area contributed by atoms with Gasteiger partial charge in [0, 0.05) is 0 Å². The van der Waals surface area contributed by atoms with Gasteiger partial charge in [-0.15, -0.1) is 0 Å². The molecule has 0 radical (unpaired) electrons. The average Bonchev–Trinajstić information content (AvgIpc) is 0.733. The minimum absolute atomic E-state index is 0.0222.